The van der Waals surface area contributed by atoms with Crippen LogP contribution < -0.4 is 10.1 Å². The van der Waals surface area contributed by atoms with Crippen molar-refractivity contribution in [2.45, 2.75) is 0 Å². The number of fused-ring (bicyclic) bond motifs is 1. The Labute approximate surface area is 155 Å². The first-order valence-electron chi connectivity index (χ1n) is 8.42. The van der Waals surface area contributed by atoms with Crippen LogP contribution in [0.1, 0.15) is 0 Å². The van der Waals surface area contributed by atoms with Gasteiger partial charge in [-0.25, -0.2) is 4.98 Å². The van der Waals surface area contributed by atoms with Crippen molar-refractivity contribution in [2.24, 2.45) is 0 Å². The molecule has 0 atom stereocenters. The minimum absolute atomic E-state index is 0.0913. The van der Waals surface area contributed by atoms with Crippen molar-refractivity contribution in [2.75, 3.05) is 11.9 Å². The monoisotopic (exact) mass is 356 g/mol. The maximum absolute atomic E-state index is 12.1. The largest absolute Gasteiger partial charge is 0.484 e. The van der Waals surface area contributed by atoms with Crippen LogP contribution in [0.25, 0.3) is 22.0 Å². The summed E-state index contributed by atoms with van der Waals surface area (Å²) in [4.78, 5) is 24.6. The fourth-order valence-electron chi connectivity index (χ4n) is 2.65. The highest BCUT2D eigenvalue weighted by Gasteiger charge is 2.06. The molecule has 2 aromatic carbocycles. The second-order valence-corrected chi connectivity index (χ2v) is 5.87. The lowest BCUT2D eigenvalue weighted by atomic mass is 10.1. The smallest absolute Gasteiger partial charge is 0.263 e. The Balaban J connectivity index is 1.36. The summed E-state index contributed by atoms with van der Waals surface area (Å²) in [6.07, 6.45) is 6.53. The summed E-state index contributed by atoms with van der Waals surface area (Å²) in [5.41, 5.74) is 1.55. The van der Waals surface area contributed by atoms with Crippen molar-refractivity contribution in [1.29, 1.82) is 0 Å². The molecule has 0 aliphatic rings. The molecule has 0 saturated carbocycles. The van der Waals surface area contributed by atoms with Gasteiger partial charge >= 0.3 is 0 Å². The van der Waals surface area contributed by atoms with Gasteiger partial charge in [-0.05, 0) is 35.0 Å². The van der Waals surface area contributed by atoms with Crippen LogP contribution in [0.2, 0.25) is 0 Å². The topological polar surface area (TPSA) is 77.0 Å². The molecule has 6 nitrogen and oxygen atoms in total. The summed E-state index contributed by atoms with van der Waals surface area (Å²) < 4.78 is 5.58. The molecule has 0 saturated heterocycles. The highest BCUT2D eigenvalue weighted by molar-refractivity contribution is 5.91. The second kappa shape index (κ2) is 7.61. The zero-order chi connectivity index (χ0) is 18.5. The van der Waals surface area contributed by atoms with Crippen molar-refractivity contribution < 1.29 is 9.53 Å². The highest BCUT2D eigenvalue weighted by Crippen LogP contribution is 2.20. The zero-order valence-electron chi connectivity index (χ0n) is 14.4. The lowest BCUT2D eigenvalue weighted by molar-refractivity contribution is -0.118. The number of carbonyl (C=O) groups is 1. The predicted octanol–water partition coefficient (Wildman–Crippen LogP) is 3.71. The van der Waals surface area contributed by atoms with E-state index in [1.54, 1.807) is 30.9 Å². The standard InChI is InChI=1S/C21H16N4O2/c26-21(14-27-18-7-5-15-3-1-2-4-16(15)11-18)25-20-8-6-17(12-24-20)19-13-22-9-10-23-19/h1-13H,14H2,(H,24,25,26). The number of anilines is 1. The average molecular weight is 356 g/mol. The van der Waals surface area contributed by atoms with Crippen molar-refractivity contribution >= 4 is 22.5 Å². The van der Waals surface area contributed by atoms with E-state index < -0.39 is 0 Å². The fourth-order valence-corrected chi connectivity index (χ4v) is 2.65. The number of ether oxygens (including phenoxy) is 1. The van der Waals surface area contributed by atoms with Gasteiger partial charge in [0.05, 0.1) is 11.9 Å². The average Bonchev–Trinajstić information content (AvgIpc) is 2.73. The van der Waals surface area contributed by atoms with E-state index in [4.69, 9.17) is 4.74 Å². The highest BCUT2D eigenvalue weighted by atomic mass is 16.5. The number of nitrogens with zero attached hydrogens (tertiary/aromatic N) is 3. The SMILES string of the molecule is O=C(COc1ccc2ccccc2c1)Nc1ccc(-c2cnccn2)cn1. The molecule has 0 bridgehead atoms. The molecule has 0 unspecified atom stereocenters. The van der Waals surface area contributed by atoms with Gasteiger partial charge in [0.25, 0.3) is 5.91 Å². The van der Waals surface area contributed by atoms with Crippen molar-refractivity contribution in [3.63, 3.8) is 0 Å². The lowest BCUT2D eigenvalue weighted by Gasteiger charge is -2.08. The third-order valence-corrected chi connectivity index (χ3v) is 3.98. The Hall–Kier alpha value is -3.80. The number of carbonyl (C=O) groups excluding carboxylic acids is 1. The molecule has 1 amide bonds. The normalized spacial score (nSPS) is 10.5. The van der Waals surface area contributed by atoms with Gasteiger partial charge in [0.1, 0.15) is 11.6 Å². The Morgan fingerprint density at radius 1 is 0.926 bits per heavy atom. The van der Waals surface area contributed by atoms with E-state index in [-0.39, 0.29) is 12.5 Å². The first kappa shape index (κ1) is 16.7. The van der Waals surface area contributed by atoms with Gasteiger partial charge < -0.3 is 10.1 Å². The summed E-state index contributed by atoms with van der Waals surface area (Å²) in [7, 11) is 0. The molecule has 4 rings (SSSR count). The predicted molar refractivity (Wildman–Crippen MR) is 103 cm³/mol. The number of hydrogen-bond donors (Lipinski definition) is 1. The maximum atomic E-state index is 12.1. The maximum Gasteiger partial charge on any atom is 0.263 e. The molecule has 2 heterocycles. The van der Waals surface area contributed by atoms with E-state index in [0.717, 1.165) is 22.0 Å². The van der Waals surface area contributed by atoms with Crippen LogP contribution in [0.15, 0.2) is 79.4 Å². The van der Waals surface area contributed by atoms with Crippen LogP contribution in [-0.4, -0.2) is 27.5 Å². The van der Waals surface area contributed by atoms with Crippen LogP contribution in [0.3, 0.4) is 0 Å². The molecule has 0 radical (unpaired) electrons. The summed E-state index contributed by atoms with van der Waals surface area (Å²) >= 11 is 0. The lowest BCUT2D eigenvalue weighted by Crippen LogP contribution is -2.20. The van der Waals surface area contributed by atoms with E-state index in [0.29, 0.717) is 11.6 Å². The first-order chi connectivity index (χ1) is 13.3. The Kier molecular flexibility index (Phi) is 4.70. The molecule has 27 heavy (non-hydrogen) atoms. The fraction of sp³-hybridized carbons (Fsp3) is 0.0476. The van der Waals surface area contributed by atoms with E-state index in [9.17, 15) is 4.79 Å². The Morgan fingerprint density at radius 3 is 2.59 bits per heavy atom. The van der Waals surface area contributed by atoms with Crippen LogP contribution in [0.5, 0.6) is 5.75 Å². The van der Waals surface area contributed by atoms with E-state index in [2.05, 4.69) is 20.3 Å². The number of aromatic nitrogens is 3. The van der Waals surface area contributed by atoms with E-state index >= 15 is 0 Å². The van der Waals surface area contributed by atoms with Gasteiger partial charge in [-0.3, -0.25) is 14.8 Å². The second-order valence-electron chi connectivity index (χ2n) is 5.87. The molecular weight excluding hydrogens is 340 g/mol. The molecule has 6 heteroatoms. The summed E-state index contributed by atoms with van der Waals surface area (Å²) in [6, 6.07) is 17.3. The molecule has 4 aromatic rings. The first-order valence-corrected chi connectivity index (χ1v) is 8.42. The van der Waals surface area contributed by atoms with Crippen LogP contribution in [0, 0.1) is 0 Å². The third-order valence-electron chi connectivity index (χ3n) is 3.98. The number of amides is 1. The zero-order valence-corrected chi connectivity index (χ0v) is 14.4. The van der Waals surface area contributed by atoms with Crippen molar-refractivity contribution in [3.8, 4) is 17.0 Å². The van der Waals surface area contributed by atoms with Crippen molar-refractivity contribution in [3.05, 3.63) is 79.4 Å². The van der Waals surface area contributed by atoms with Gasteiger partial charge in [0.15, 0.2) is 6.61 Å². The molecule has 0 aliphatic heterocycles. The van der Waals surface area contributed by atoms with E-state index in [1.807, 2.05) is 48.5 Å². The molecule has 0 aliphatic carbocycles. The number of benzene rings is 2. The van der Waals surface area contributed by atoms with E-state index in [1.165, 1.54) is 0 Å². The van der Waals surface area contributed by atoms with Gasteiger partial charge in [-0.2, -0.15) is 0 Å². The summed E-state index contributed by atoms with van der Waals surface area (Å²) in [5, 5.41) is 4.91. The Morgan fingerprint density at radius 2 is 1.81 bits per heavy atom. The number of hydrogen-bond acceptors (Lipinski definition) is 5. The summed E-state index contributed by atoms with van der Waals surface area (Å²) in [6.45, 7) is -0.0913. The molecule has 132 valence electrons. The molecule has 2 aromatic heterocycles. The molecule has 0 spiro atoms. The van der Waals surface area contributed by atoms with Gasteiger partial charge in [0.2, 0.25) is 0 Å². The van der Waals surface area contributed by atoms with Gasteiger partial charge in [0, 0.05) is 24.2 Å². The number of rotatable bonds is 5. The van der Waals surface area contributed by atoms with Crippen molar-refractivity contribution in [1.82, 2.24) is 15.0 Å². The number of pyridine rings is 1. The van der Waals surface area contributed by atoms with Crippen LogP contribution in [-0.2, 0) is 4.79 Å². The van der Waals surface area contributed by atoms with Crippen LogP contribution >= 0.6 is 0 Å². The van der Waals surface area contributed by atoms with Crippen LogP contribution in [0.4, 0.5) is 5.82 Å². The minimum Gasteiger partial charge on any atom is -0.484 e. The quantitative estimate of drug-likeness (QED) is 0.590. The minimum atomic E-state index is -0.275. The number of nitrogens with one attached hydrogen (secondary N) is 1. The summed E-state index contributed by atoms with van der Waals surface area (Å²) in [5.74, 6) is 0.826. The third kappa shape index (κ3) is 4.07. The van der Waals surface area contributed by atoms with Gasteiger partial charge in [-0.1, -0.05) is 30.3 Å². The molecule has 1 N–H and O–H groups in total. The molecule has 0 fully saturated rings. The Bertz CT molecular complexity index is 1070. The molecular formula is C21H16N4O2. The van der Waals surface area contributed by atoms with Gasteiger partial charge in [-0.15, -0.1) is 0 Å².